The van der Waals surface area contributed by atoms with Gasteiger partial charge in [-0.05, 0) is 0 Å². The van der Waals surface area contributed by atoms with Crippen LogP contribution >= 0.6 is 0 Å². The van der Waals surface area contributed by atoms with E-state index in [1.54, 1.807) is 0 Å². The van der Waals surface area contributed by atoms with Crippen molar-refractivity contribution in [3.63, 3.8) is 0 Å². The molecule has 98 valence electrons. The van der Waals surface area contributed by atoms with Crippen LogP contribution in [0.1, 0.15) is 10.4 Å². The molecule has 0 aliphatic heterocycles. The summed E-state index contributed by atoms with van der Waals surface area (Å²) >= 11 is 0. The van der Waals surface area contributed by atoms with Gasteiger partial charge in [-0.25, -0.2) is 0 Å². The van der Waals surface area contributed by atoms with Crippen molar-refractivity contribution in [2.24, 2.45) is 0 Å². The summed E-state index contributed by atoms with van der Waals surface area (Å²) in [6.45, 7) is 0.436. The zero-order chi connectivity index (χ0) is 13.7. The van der Waals surface area contributed by atoms with Gasteiger partial charge in [0.1, 0.15) is 0 Å². The number of carbonyl (C=O) groups excluding carboxylic acids is 1. The van der Waals surface area contributed by atoms with E-state index in [0.29, 0.717) is 0 Å². The van der Waals surface area contributed by atoms with Crippen molar-refractivity contribution in [3.05, 3.63) is 27.8 Å². The Balaban J connectivity index is 2.99. The molecule has 0 saturated carbocycles. The van der Waals surface area contributed by atoms with Crippen LogP contribution in [-0.2, 0) is 4.74 Å². The van der Waals surface area contributed by atoms with Crippen LogP contribution in [0.25, 0.3) is 0 Å². The Morgan fingerprint density at radius 1 is 1.50 bits per heavy atom. The first-order valence-electron chi connectivity index (χ1n) is 4.95. The zero-order valence-electron chi connectivity index (χ0n) is 9.54. The largest absolute Gasteiger partial charge is 0.504 e. The molecule has 0 radical (unpaired) electrons. The lowest BCUT2D eigenvalue weighted by atomic mass is 10.1. The van der Waals surface area contributed by atoms with Gasteiger partial charge in [0.25, 0.3) is 11.6 Å². The first kappa shape index (κ1) is 13.7. The monoisotopic (exact) mass is 256 g/mol. The Morgan fingerprint density at radius 2 is 2.17 bits per heavy atom. The Morgan fingerprint density at radius 3 is 2.72 bits per heavy atom. The third-order valence-electron chi connectivity index (χ3n) is 2.12. The average molecular weight is 256 g/mol. The Bertz CT molecular complexity index is 474. The molecule has 0 heterocycles. The number of phenolic OH excluding ortho intramolecular Hbond substituents is 2. The summed E-state index contributed by atoms with van der Waals surface area (Å²) in [6, 6.07) is 1.65. The number of rotatable bonds is 5. The van der Waals surface area contributed by atoms with Crippen LogP contribution < -0.4 is 5.32 Å². The lowest BCUT2D eigenvalue weighted by molar-refractivity contribution is -0.385. The number of nitro benzene ring substituents is 1. The summed E-state index contributed by atoms with van der Waals surface area (Å²) in [5, 5.41) is 31.7. The number of aromatic hydroxyl groups is 2. The van der Waals surface area contributed by atoms with Crippen LogP contribution in [0.4, 0.5) is 5.69 Å². The molecule has 1 rings (SSSR count). The Labute approximate surface area is 102 Å². The van der Waals surface area contributed by atoms with Crippen molar-refractivity contribution in [2.75, 3.05) is 20.3 Å². The minimum atomic E-state index is -0.773. The van der Waals surface area contributed by atoms with Crippen molar-refractivity contribution in [2.45, 2.75) is 0 Å². The van der Waals surface area contributed by atoms with Crippen molar-refractivity contribution in [3.8, 4) is 11.5 Å². The van der Waals surface area contributed by atoms with Gasteiger partial charge in [-0.2, -0.15) is 0 Å². The van der Waals surface area contributed by atoms with E-state index >= 15 is 0 Å². The molecule has 1 amide bonds. The summed E-state index contributed by atoms with van der Waals surface area (Å²) < 4.78 is 4.71. The molecule has 0 spiro atoms. The standard InChI is InChI=1S/C10H12N2O6/c1-18-3-2-11-10(15)7-4-6(12(16)17)5-8(13)9(7)14/h4-5,13-14H,2-3H2,1H3,(H,11,15). The van der Waals surface area contributed by atoms with Crippen molar-refractivity contribution in [1.29, 1.82) is 0 Å². The topological polar surface area (TPSA) is 122 Å². The fourth-order valence-corrected chi connectivity index (χ4v) is 1.24. The molecule has 0 saturated heterocycles. The van der Waals surface area contributed by atoms with Gasteiger partial charge in [0.2, 0.25) is 0 Å². The van der Waals surface area contributed by atoms with E-state index in [0.717, 1.165) is 12.1 Å². The van der Waals surface area contributed by atoms with Crippen LogP contribution in [0.3, 0.4) is 0 Å². The predicted molar refractivity (Wildman–Crippen MR) is 60.6 cm³/mol. The third kappa shape index (κ3) is 3.08. The molecule has 0 aromatic heterocycles. The SMILES string of the molecule is COCCNC(=O)c1cc([N+](=O)[O-])cc(O)c1O. The van der Waals surface area contributed by atoms with Crippen molar-refractivity contribution in [1.82, 2.24) is 5.32 Å². The van der Waals surface area contributed by atoms with Gasteiger partial charge in [0.05, 0.1) is 23.2 Å². The molecule has 3 N–H and O–H groups in total. The highest BCUT2D eigenvalue weighted by Gasteiger charge is 2.20. The van der Waals surface area contributed by atoms with Crippen LogP contribution in [0.5, 0.6) is 11.5 Å². The third-order valence-corrected chi connectivity index (χ3v) is 2.12. The van der Waals surface area contributed by atoms with E-state index in [1.807, 2.05) is 0 Å². The molecule has 0 aliphatic carbocycles. The Hall–Kier alpha value is -2.35. The van der Waals surface area contributed by atoms with E-state index in [9.17, 15) is 25.1 Å². The second-order valence-corrected chi connectivity index (χ2v) is 3.37. The molecule has 0 aliphatic rings. The van der Waals surface area contributed by atoms with Gasteiger partial charge in [-0.3, -0.25) is 14.9 Å². The maximum Gasteiger partial charge on any atom is 0.274 e. The molecule has 8 heteroatoms. The fraction of sp³-hybridized carbons (Fsp3) is 0.300. The highest BCUT2D eigenvalue weighted by Crippen LogP contribution is 2.33. The smallest absolute Gasteiger partial charge is 0.274 e. The Kier molecular flexibility index (Phi) is 4.44. The molecule has 8 nitrogen and oxygen atoms in total. The minimum Gasteiger partial charge on any atom is -0.504 e. The van der Waals surface area contributed by atoms with Crippen LogP contribution in [0.2, 0.25) is 0 Å². The summed E-state index contributed by atoms with van der Waals surface area (Å²) in [5.74, 6) is -2.15. The summed E-state index contributed by atoms with van der Waals surface area (Å²) in [7, 11) is 1.45. The molecule has 0 unspecified atom stereocenters. The summed E-state index contributed by atoms with van der Waals surface area (Å²) in [5.41, 5.74) is -0.847. The molecule has 1 aromatic rings. The maximum atomic E-state index is 11.6. The van der Waals surface area contributed by atoms with Gasteiger partial charge in [0.15, 0.2) is 11.5 Å². The van der Waals surface area contributed by atoms with E-state index in [4.69, 9.17) is 4.74 Å². The lowest BCUT2D eigenvalue weighted by Crippen LogP contribution is -2.27. The van der Waals surface area contributed by atoms with Crippen LogP contribution in [0, 0.1) is 10.1 Å². The number of ether oxygens (including phenoxy) is 1. The number of hydrogen-bond acceptors (Lipinski definition) is 6. The van der Waals surface area contributed by atoms with Gasteiger partial charge >= 0.3 is 0 Å². The zero-order valence-corrected chi connectivity index (χ0v) is 9.54. The fourth-order valence-electron chi connectivity index (χ4n) is 1.24. The molecular formula is C10H12N2O6. The van der Waals surface area contributed by atoms with E-state index in [1.165, 1.54) is 7.11 Å². The number of hydrogen-bond donors (Lipinski definition) is 3. The molecule has 0 bridgehead atoms. The minimum absolute atomic E-state index is 0.179. The number of nitrogens with zero attached hydrogens (tertiary/aromatic N) is 1. The van der Waals surface area contributed by atoms with E-state index in [-0.39, 0.29) is 18.7 Å². The van der Waals surface area contributed by atoms with Gasteiger partial charge < -0.3 is 20.3 Å². The number of phenols is 2. The van der Waals surface area contributed by atoms with Gasteiger partial charge in [-0.1, -0.05) is 0 Å². The summed E-state index contributed by atoms with van der Waals surface area (Å²) in [4.78, 5) is 21.4. The van der Waals surface area contributed by atoms with Crippen LogP contribution in [0.15, 0.2) is 12.1 Å². The highest BCUT2D eigenvalue weighted by molar-refractivity contribution is 5.98. The normalized spacial score (nSPS) is 10.1. The van der Waals surface area contributed by atoms with Crippen molar-refractivity contribution >= 4 is 11.6 Å². The molecule has 0 atom stereocenters. The first-order chi connectivity index (χ1) is 8.47. The molecule has 0 fully saturated rings. The number of methoxy groups -OCH3 is 1. The van der Waals surface area contributed by atoms with Gasteiger partial charge in [-0.15, -0.1) is 0 Å². The van der Waals surface area contributed by atoms with E-state index in [2.05, 4.69) is 5.32 Å². The van der Waals surface area contributed by atoms with E-state index < -0.39 is 28.0 Å². The highest BCUT2D eigenvalue weighted by atomic mass is 16.6. The number of benzene rings is 1. The maximum absolute atomic E-state index is 11.6. The number of nitro groups is 1. The number of nitrogens with one attached hydrogen (secondary N) is 1. The van der Waals surface area contributed by atoms with Crippen molar-refractivity contribution < 1.29 is 24.7 Å². The number of carbonyl (C=O) groups is 1. The summed E-state index contributed by atoms with van der Waals surface area (Å²) in [6.07, 6.45) is 0. The van der Waals surface area contributed by atoms with Gasteiger partial charge in [0, 0.05) is 19.7 Å². The first-order valence-corrected chi connectivity index (χ1v) is 4.95. The predicted octanol–water partition coefficient (Wildman–Crippen LogP) is 0.382. The second-order valence-electron chi connectivity index (χ2n) is 3.37. The second kappa shape index (κ2) is 5.82. The average Bonchev–Trinajstić information content (AvgIpc) is 2.32. The van der Waals surface area contributed by atoms with Crippen LogP contribution in [-0.4, -0.2) is 41.3 Å². The quantitative estimate of drug-likeness (QED) is 0.303. The molecule has 1 aromatic carbocycles. The number of non-ortho nitro benzene ring substituents is 1. The molecule has 18 heavy (non-hydrogen) atoms. The molecular weight excluding hydrogens is 244 g/mol. The number of amides is 1. The lowest BCUT2D eigenvalue weighted by Gasteiger charge is -2.07.